The minimum absolute atomic E-state index is 0.0528. The van der Waals surface area contributed by atoms with Crippen molar-refractivity contribution in [1.82, 2.24) is 20.4 Å². The molecule has 0 unspecified atom stereocenters. The van der Waals surface area contributed by atoms with Crippen molar-refractivity contribution in [3.05, 3.63) is 52.2 Å². The van der Waals surface area contributed by atoms with Crippen LogP contribution >= 0.6 is 11.3 Å². The molecule has 0 radical (unpaired) electrons. The Morgan fingerprint density at radius 3 is 2.40 bits per heavy atom. The molecule has 1 fully saturated rings. The van der Waals surface area contributed by atoms with E-state index in [2.05, 4.69) is 38.9 Å². The summed E-state index contributed by atoms with van der Waals surface area (Å²) in [5.74, 6) is -0.479. The summed E-state index contributed by atoms with van der Waals surface area (Å²) < 4.78 is 5.13. The summed E-state index contributed by atoms with van der Waals surface area (Å²) in [5, 5.41) is 7.65. The van der Waals surface area contributed by atoms with Gasteiger partial charge in [0.05, 0.1) is 13.2 Å². The molecular weight excluding hydrogens is 400 g/mol. The quantitative estimate of drug-likeness (QED) is 0.656. The average Bonchev–Trinajstić information content (AvgIpc) is 3.28. The van der Waals surface area contributed by atoms with Crippen LogP contribution in [0.25, 0.3) is 0 Å². The number of carbonyl (C=O) groups excluding carboxylic acids is 2. The molecule has 0 saturated carbocycles. The van der Waals surface area contributed by atoms with Gasteiger partial charge in [0.2, 0.25) is 0 Å². The molecule has 1 aromatic heterocycles. The summed E-state index contributed by atoms with van der Waals surface area (Å²) in [6.07, 6.45) is 0. The number of nitrogens with zero attached hydrogens (tertiary/aromatic N) is 2. The molecule has 1 aromatic carbocycles. The molecule has 3 rings (SSSR count). The maximum atomic E-state index is 12.5. The molecule has 1 saturated heterocycles. The molecule has 2 atom stereocenters. The number of methoxy groups -OCH3 is 1. The number of rotatable bonds is 7. The molecule has 1 aliphatic heterocycles. The highest BCUT2D eigenvalue weighted by molar-refractivity contribution is 7.10. The molecule has 30 heavy (non-hydrogen) atoms. The van der Waals surface area contributed by atoms with Gasteiger partial charge in [0.15, 0.2) is 0 Å². The highest BCUT2D eigenvalue weighted by Gasteiger charge is 2.31. The van der Waals surface area contributed by atoms with E-state index in [9.17, 15) is 9.59 Å². The van der Waals surface area contributed by atoms with Gasteiger partial charge in [0.1, 0.15) is 5.75 Å². The number of carbonyl (C=O) groups is 2. The van der Waals surface area contributed by atoms with Crippen LogP contribution in [0.5, 0.6) is 5.75 Å². The molecule has 2 amide bonds. The topological polar surface area (TPSA) is 73.9 Å². The first kappa shape index (κ1) is 22.3. The van der Waals surface area contributed by atoms with Gasteiger partial charge in [-0.2, -0.15) is 0 Å². The number of hydrogen-bond acceptors (Lipinski definition) is 6. The number of ether oxygens (including phenoxy) is 1. The molecule has 2 N–H and O–H groups in total. The largest absolute Gasteiger partial charge is 0.497 e. The summed E-state index contributed by atoms with van der Waals surface area (Å²) in [7, 11) is 3.73. The predicted octanol–water partition coefficient (Wildman–Crippen LogP) is 1.87. The number of likely N-dealkylation sites (N-methyl/N-ethyl adjacent to an activating group) is 1. The van der Waals surface area contributed by atoms with Crippen molar-refractivity contribution in [1.29, 1.82) is 0 Å². The number of thiophene rings is 1. The maximum Gasteiger partial charge on any atom is 0.309 e. The summed E-state index contributed by atoms with van der Waals surface area (Å²) in [6, 6.07) is 11.4. The second-order valence-corrected chi connectivity index (χ2v) is 8.57. The van der Waals surface area contributed by atoms with Crippen molar-refractivity contribution in [3.8, 4) is 5.75 Å². The number of amides is 2. The lowest BCUT2D eigenvalue weighted by Crippen LogP contribution is -2.53. The average molecular weight is 431 g/mol. The van der Waals surface area contributed by atoms with Gasteiger partial charge in [-0.1, -0.05) is 18.2 Å². The van der Waals surface area contributed by atoms with E-state index in [1.165, 1.54) is 4.88 Å². The van der Waals surface area contributed by atoms with Gasteiger partial charge >= 0.3 is 11.8 Å². The molecule has 0 bridgehead atoms. The Hall–Kier alpha value is -2.42. The van der Waals surface area contributed by atoms with Crippen LogP contribution in [-0.2, 0) is 16.1 Å². The van der Waals surface area contributed by atoms with Crippen molar-refractivity contribution in [2.45, 2.75) is 25.6 Å². The molecule has 7 nitrogen and oxygen atoms in total. The normalized spacial score (nSPS) is 17.2. The first-order chi connectivity index (χ1) is 14.5. The van der Waals surface area contributed by atoms with Crippen LogP contribution in [0, 0.1) is 0 Å². The van der Waals surface area contributed by atoms with Crippen LogP contribution in [0.2, 0.25) is 0 Å². The first-order valence-electron chi connectivity index (χ1n) is 10.2. The lowest BCUT2D eigenvalue weighted by atomic mass is 10.0. The summed E-state index contributed by atoms with van der Waals surface area (Å²) in [6.45, 7) is 6.11. The third-order valence-electron chi connectivity index (χ3n) is 5.42. The number of benzene rings is 1. The second-order valence-electron chi connectivity index (χ2n) is 7.59. The van der Waals surface area contributed by atoms with Gasteiger partial charge in [-0.05, 0) is 43.1 Å². The van der Waals surface area contributed by atoms with Gasteiger partial charge in [-0.25, -0.2) is 0 Å². The molecular formula is C22H30N4O3S. The van der Waals surface area contributed by atoms with Crippen molar-refractivity contribution in [2.24, 2.45) is 0 Å². The Morgan fingerprint density at radius 1 is 1.10 bits per heavy atom. The number of piperazine rings is 1. The molecule has 0 spiro atoms. The molecule has 2 heterocycles. The predicted molar refractivity (Wildman–Crippen MR) is 119 cm³/mol. The fourth-order valence-corrected chi connectivity index (χ4v) is 4.62. The van der Waals surface area contributed by atoms with Crippen LogP contribution in [0.15, 0.2) is 41.8 Å². The third kappa shape index (κ3) is 5.81. The van der Waals surface area contributed by atoms with E-state index in [1.54, 1.807) is 18.4 Å². The summed E-state index contributed by atoms with van der Waals surface area (Å²) in [5.41, 5.74) is 0.902. The van der Waals surface area contributed by atoms with Crippen molar-refractivity contribution < 1.29 is 14.3 Å². The van der Waals surface area contributed by atoms with Crippen molar-refractivity contribution in [3.63, 3.8) is 0 Å². The van der Waals surface area contributed by atoms with Crippen LogP contribution < -0.4 is 15.4 Å². The Morgan fingerprint density at radius 2 is 1.80 bits per heavy atom. The Labute approximate surface area is 182 Å². The van der Waals surface area contributed by atoms with E-state index >= 15 is 0 Å². The Bertz CT molecular complexity index is 817. The smallest absolute Gasteiger partial charge is 0.309 e. The van der Waals surface area contributed by atoms with Gasteiger partial charge in [0, 0.05) is 43.6 Å². The zero-order valence-corrected chi connectivity index (χ0v) is 18.6. The van der Waals surface area contributed by atoms with Crippen molar-refractivity contribution >= 4 is 23.2 Å². The zero-order chi connectivity index (χ0) is 21.5. The molecule has 0 aliphatic carbocycles. The minimum Gasteiger partial charge on any atom is -0.497 e. The van der Waals surface area contributed by atoms with E-state index in [0.717, 1.165) is 37.5 Å². The van der Waals surface area contributed by atoms with Gasteiger partial charge in [-0.3, -0.25) is 14.5 Å². The molecule has 2 aromatic rings. The maximum absolute atomic E-state index is 12.5. The third-order valence-corrected chi connectivity index (χ3v) is 6.36. The SMILES string of the molecule is COc1ccc(CNC(=O)C(=O)N[C@H](C)[C@@H](c2cccs2)N2CCN(C)CC2)cc1. The van der Waals surface area contributed by atoms with E-state index in [0.29, 0.717) is 0 Å². The standard InChI is InChI=1S/C22H30N4O3S/c1-16(20(19-5-4-14-30-19)26-12-10-25(2)11-13-26)24-22(28)21(27)23-15-17-6-8-18(29-3)9-7-17/h4-9,14,16,20H,10-13,15H2,1-3H3,(H,23,27)(H,24,28)/t16-,20+/m1/s1. The van der Waals surface area contributed by atoms with Crippen LogP contribution in [0.3, 0.4) is 0 Å². The fourth-order valence-electron chi connectivity index (χ4n) is 3.66. The van der Waals surface area contributed by atoms with Gasteiger partial charge in [-0.15, -0.1) is 11.3 Å². The summed E-state index contributed by atoms with van der Waals surface area (Å²) in [4.78, 5) is 30.8. The Balaban J connectivity index is 1.57. The van der Waals surface area contributed by atoms with Crippen LogP contribution in [0.1, 0.15) is 23.4 Å². The number of hydrogen-bond donors (Lipinski definition) is 2. The van der Waals surface area contributed by atoms with Gasteiger partial charge in [0.25, 0.3) is 0 Å². The highest BCUT2D eigenvalue weighted by atomic mass is 32.1. The highest BCUT2D eigenvalue weighted by Crippen LogP contribution is 2.29. The number of nitrogens with one attached hydrogen (secondary N) is 2. The molecule has 1 aliphatic rings. The summed E-state index contributed by atoms with van der Waals surface area (Å²) >= 11 is 1.68. The zero-order valence-electron chi connectivity index (χ0n) is 17.8. The first-order valence-corrected chi connectivity index (χ1v) is 11.0. The fraction of sp³-hybridized carbons (Fsp3) is 0.455. The Kier molecular flexibility index (Phi) is 7.84. The van der Waals surface area contributed by atoms with E-state index in [4.69, 9.17) is 4.74 Å². The minimum atomic E-state index is -0.624. The lowest BCUT2D eigenvalue weighted by Gasteiger charge is -2.40. The van der Waals surface area contributed by atoms with Crippen LogP contribution in [0.4, 0.5) is 0 Å². The second kappa shape index (κ2) is 10.6. The molecule has 162 valence electrons. The van der Waals surface area contributed by atoms with Gasteiger partial charge < -0.3 is 20.3 Å². The van der Waals surface area contributed by atoms with E-state index in [1.807, 2.05) is 37.3 Å². The lowest BCUT2D eigenvalue weighted by molar-refractivity contribution is -0.140. The van der Waals surface area contributed by atoms with Crippen LogP contribution in [-0.4, -0.2) is 68.0 Å². The van der Waals surface area contributed by atoms with E-state index < -0.39 is 11.8 Å². The molecule has 8 heteroatoms. The van der Waals surface area contributed by atoms with Crippen molar-refractivity contribution in [2.75, 3.05) is 40.3 Å². The van der Waals surface area contributed by atoms with E-state index in [-0.39, 0.29) is 18.6 Å². The monoisotopic (exact) mass is 430 g/mol.